The second-order valence-corrected chi connectivity index (χ2v) is 14.9. The molecule has 0 radical (unpaired) electrons. The molecule has 0 aromatic heterocycles. The van der Waals surface area contributed by atoms with Gasteiger partial charge in [-0.3, -0.25) is 29.6 Å². The Morgan fingerprint density at radius 1 is 0.500 bits per heavy atom. The molecule has 7 rings (SSSR count). The van der Waals surface area contributed by atoms with Gasteiger partial charge in [-0.25, -0.2) is 0 Å². The van der Waals surface area contributed by atoms with Crippen LogP contribution in [0.25, 0.3) is 0 Å². The van der Waals surface area contributed by atoms with E-state index in [2.05, 4.69) is 43.9 Å². The number of ether oxygens (including phenoxy) is 4. The van der Waals surface area contributed by atoms with E-state index >= 15 is 0 Å². The summed E-state index contributed by atoms with van der Waals surface area (Å²) in [6, 6.07) is 8.54. The van der Waals surface area contributed by atoms with E-state index < -0.39 is 0 Å². The Bertz CT molecular complexity index is 1390. The molecule has 2 aromatic rings. The van der Waals surface area contributed by atoms with E-state index in [1.54, 1.807) is 0 Å². The molecule has 5 fully saturated rings. The van der Waals surface area contributed by atoms with Gasteiger partial charge in [0.15, 0.2) is 0 Å². The molecule has 5 aliphatic rings. The Hall–Kier alpha value is -2.94. The lowest BCUT2D eigenvalue weighted by molar-refractivity contribution is 0.0330. The van der Waals surface area contributed by atoms with Crippen LogP contribution in [0.1, 0.15) is 59.1 Å². The number of benzene rings is 2. The molecule has 0 unspecified atom stereocenters. The highest BCUT2D eigenvalue weighted by atomic mass is 16.5. The topological polar surface area (TPSA) is 115 Å². The van der Waals surface area contributed by atoms with Crippen molar-refractivity contribution < 1.29 is 29.2 Å². The molecule has 4 aliphatic heterocycles. The smallest absolute Gasteiger partial charge is 0.128 e. The maximum absolute atomic E-state index is 11.6. The molecule has 4 heterocycles. The molecule has 52 heavy (non-hydrogen) atoms. The number of aliphatic imine (C=N–C) groups is 2. The number of nitrogens with zero attached hydrogens (tertiary/aromatic N) is 6. The quantitative estimate of drug-likeness (QED) is 0.317. The van der Waals surface area contributed by atoms with Crippen molar-refractivity contribution in [3.8, 4) is 11.5 Å². The third kappa shape index (κ3) is 10.4. The summed E-state index contributed by atoms with van der Waals surface area (Å²) in [7, 11) is 0. The number of phenols is 2. The predicted octanol–water partition coefficient (Wildman–Crippen LogP) is 3.28. The van der Waals surface area contributed by atoms with Crippen molar-refractivity contribution in [2.75, 3.05) is 105 Å². The molecule has 1 saturated carbocycles. The fourth-order valence-electron chi connectivity index (χ4n) is 8.02. The highest BCUT2D eigenvalue weighted by Crippen LogP contribution is 2.30. The van der Waals surface area contributed by atoms with E-state index in [0.717, 1.165) is 166 Å². The zero-order chi connectivity index (χ0) is 35.5. The molecule has 0 spiro atoms. The van der Waals surface area contributed by atoms with Gasteiger partial charge in [0.25, 0.3) is 0 Å². The maximum atomic E-state index is 11.6. The normalized spacial score (nSPS) is 25.0. The predicted molar refractivity (Wildman–Crippen MR) is 202 cm³/mol. The Morgan fingerprint density at radius 2 is 0.827 bits per heavy atom. The van der Waals surface area contributed by atoms with Gasteiger partial charge in [-0.2, -0.15) is 0 Å². The highest BCUT2D eigenvalue weighted by molar-refractivity contribution is 5.85. The summed E-state index contributed by atoms with van der Waals surface area (Å²) < 4.78 is 22.3. The van der Waals surface area contributed by atoms with Gasteiger partial charge in [0.05, 0.1) is 64.9 Å². The number of phenolic OH excluding ortho intramolecular Hbond substituents is 2. The van der Waals surface area contributed by atoms with Gasteiger partial charge in [-0.05, 0) is 48.2 Å². The third-order valence-corrected chi connectivity index (χ3v) is 11.1. The number of morpholine rings is 4. The summed E-state index contributed by atoms with van der Waals surface area (Å²) in [6.07, 6.45) is 7.87. The van der Waals surface area contributed by atoms with Crippen molar-refractivity contribution in [1.82, 2.24) is 19.6 Å². The van der Waals surface area contributed by atoms with Gasteiger partial charge in [-0.1, -0.05) is 12.8 Å². The Labute approximate surface area is 309 Å². The van der Waals surface area contributed by atoms with E-state index in [4.69, 9.17) is 28.9 Å². The van der Waals surface area contributed by atoms with Crippen molar-refractivity contribution in [2.45, 2.75) is 63.9 Å². The van der Waals surface area contributed by atoms with E-state index in [9.17, 15) is 10.2 Å². The van der Waals surface area contributed by atoms with Crippen LogP contribution in [0, 0.1) is 0 Å². The van der Waals surface area contributed by atoms with Gasteiger partial charge in [0, 0.05) is 113 Å². The van der Waals surface area contributed by atoms with Crippen LogP contribution in [-0.2, 0) is 45.1 Å². The first-order valence-electron chi connectivity index (χ1n) is 19.5. The van der Waals surface area contributed by atoms with E-state index in [1.807, 2.05) is 12.4 Å². The Kier molecular flexibility index (Phi) is 13.6. The third-order valence-electron chi connectivity index (χ3n) is 11.1. The molecule has 12 heteroatoms. The largest absolute Gasteiger partial charge is 0.507 e. The minimum atomic E-state index is 0.00138. The second-order valence-electron chi connectivity index (χ2n) is 14.9. The average molecular weight is 719 g/mol. The lowest BCUT2D eigenvalue weighted by Gasteiger charge is -2.29. The standard InChI is InChI=1S/C40H58N6O6/c47-39-33(21-31(27-43-5-13-49-14-6-43)23-35(39)29-45-9-17-51-18-10-45)25-41-37-3-1-2-4-38(37)42-26-34-22-32(28-44-7-15-50-16-8-44)24-36(40(34)48)30-46-11-19-52-20-12-46/h21-26,37-38,47-48H,1-20,27-30H2/t37-,38-/m1/s1. The van der Waals surface area contributed by atoms with Crippen LogP contribution >= 0.6 is 0 Å². The summed E-state index contributed by atoms with van der Waals surface area (Å²) in [5.41, 5.74) is 5.78. The Morgan fingerprint density at radius 3 is 1.17 bits per heavy atom. The lowest BCUT2D eigenvalue weighted by Crippen LogP contribution is -2.36. The van der Waals surface area contributed by atoms with E-state index in [-0.39, 0.29) is 12.1 Å². The zero-order valence-corrected chi connectivity index (χ0v) is 30.8. The second kappa shape index (κ2) is 18.9. The van der Waals surface area contributed by atoms with Crippen molar-refractivity contribution in [3.05, 3.63) is 57.6 Å². The van der Waals surface area contributed by atoms with Crippen molar-refractivity contribution in [1.29, 1.82) is 0 Å². The minimum absolute atomic E-state index is 0.00138. The fourth-order valence-corrected chi connectivity index (χ4v) is 8.02. The number of rotatable bonds is 12. The first kappa shape index (κ1) is 37.4. The van der Waals surface area contributed by atoms with Crippen LogP contribution in [0.4, 0.5) is 0 Å². The summed E-state index contributed by atoms with van der Waals surface area (Å²) >= 11 is 0. The van der Waals surface area contributed by atoms with Crippen molar-refractivity contribution in [3.63, 3.8) is 0 Å². The molecule has 4 saturated heterocycles. The highest BCUT2D eigenvalue weighted by Gasteiger charge is 2.25. The summed E-state index contributed by atoms with van der Waals surface area (Å²) in [5, 5.41) is 23.1. The number of aromatic hydroxyl groups is 2. The molecular weight excluding hydrogens is 660 g/mol. The maximum Gasteiger partial charge on any atom is 0.128 e. The molecule has 0 amide bonds. The van der Waals surface area contributed by atoms with Crippen LogP contribution in [0.2, 0.25) is 0 Å². The fraction of sp³-hybridized carbons (Fsp3) is 0.650. The van der Waals surface area contributed by atoms with Crippen LogP contribution in [-0.4, -0.2) is 160 Å². The molecule has 2 atom stereocenters. The van der Waals surface area contributed by atoms with Crippen LogP contribution in [0.15, 0.2) is 34.3 Å². The monoisotopic (exact) mass is 718 g/mol. The van der Waals surface area contributed by atoms with Crippen molar-refractivity contribution in [2.24, 2.45) is 9.98 Å². The summed E-state index contributed by atoms with van der Waals surface area (Å²) in [4.78, 5) is 19.8. The molecule has 2 aromatic carbocycles. The molecule has 2 N–H and O–H groups in total. The van der Waals surface area contributed by atoms with Crippen LogP contribution in [0.3, 0.4) is 0 Å². The lowest BCUT2D eigenvalue weighted by atomic mass is 9.91. The Balaban J connectivity index is 1.11. The van der Waals surface area contributed by atoms with Crippen LogP contribution in [0.5, 0.6) is 11.5 Å². The van der Waals surface area contributed by atoms with Gasteiger partial charge in [0.1, 0.15) is 11.5 Å². The molecule has 12 nitrogen and oxygen atoms in total. The SMILES string of the molecule is Oc1c(C=N[C@@H]2CCCC[C@H]2N=Cc2cc(CN3CCOCC3)cc(CN3CCOCC3)c2O)cc(CN2CCOCC2)cc1CN1CCOCC1. The van der Waals surface area contributed by atoms with Crippen LogP contribution < -0.4 is 0 Å². The first-order valence-corrected chi connectivity index (χ1v) is 19.5. The van der Waals surface area contributed by atoms with Crippen molar-refractivity contribution >= 4 is 12.4 Å². The minimum Gasteiger partial charge on any atom is -0.507 e. The average Bonchev–Trinajstić information content (AvgIpc) is 3.18. The summed E-state index contributed by atoms with van der Waals surface area (Å²) in [5.74, 6) is 0.623. The van der Waals surface area contributed by atoms with Gasteiger partial charge >= 0.3 is 0 Å². The molecule has 0 bridgehead atoms. The molecule has 1 aliphatic carbocycles. The van der Waals surface area contributed by atoms with Gasteiger partial charge < -0.3 is 29.2 Å². The van der Waals surface area contributed by atoms with Gasteiger partial charge in [0.2, 0.25) is 0 Å². The molecule has 284 valence electrons. The number of hydrogen-bond acceptors (Lipinski definition) is 12. The zero-order valence-electron chi connectivity index (χ0n) is 30.8. The van der Waals surface area contributed by atoms with E-state index in [1.165, 1.54) is 11.1 Å². The first-order chi connectivity index (χ1) is 25.6. The molecular formula is C40H58N6O6. The summed E-state index contributed by atoms with van der Waals surface area (Å²) in [6.45, 7) is 16.0. The van der Waals surface area contributed by atoms with E-state index in [0.29, 0.717) is 24.6 Å². The number of hydrogen-bond donors (Lipinski definition) is 2. The van der Waals surface area contributed by atoms with Gasteiger partial charge in [-0.15, -0.1) is 0 Å².